The Morgan fingerprint density at radius 1 is 1.33 bits per heavy atom. The first-order valence-corrected chi connectivity index (χ1v) is 6.37. The Balaban J connectivity index is 2.64. The van der Waals surface area contributed by atoms with Crippen molar-refractivity contribution < 1.29 is 8.42 Å². The molecule has 0 saturated heterocycles. The van der Waals surface area contributed by atoms with Crippen molar-refractivity contribution in [2.24, 2.45) is 5.73 Å². The van der Waals surface area contributed by atoms with E-state index in [0.29, 0.717) is 33.4 Å². The maximum atomic E-state index is 11.9. The lowest BCUT2D eigenvalue weighted by Crippen LogP contribution is -2.06. The summed E-state index contributed by atoms with van der Waals surface area (Å²) >= 11 is 5.92. The quantitative estimate of drug-likeness (QED) is 0.862. The first-order valence-electron chi connectivity index (χ1n) is 4.51. The van der Waals surface area contributed by atoms with Crippen molar-refractivity contribution in [2.75, 3.05) is 6.54 Å². The molecule has 1 aromatic carbocycles. The average Bonchev–Trinajstić information content (AvgIpc) is 2.43. The zero-order valence-corrected chi connectivity index (χ0v) is 9.48. The van der Waals surface area contributed by atoms with Crippen LogP contribution in [0.5, 0.6) is 0 Å². The van der Waals surface area contributed by atoms with E-state index in [1.807, 2.05) is 0 Å². The summed E-state index contributed by atoms with van der Waals surface area (Å²) in [5, 5.41) is 0.461. The molecule has 1 heterocycles. The average molecular weight is 244 g/mol. The van der Waals surface area contributed by atoms with Crippen LogP contribution in [0.25, 0.3) is 6.08 Å². The lowest BCUT2D eigenvalue weighted by molar-refractivity contribution is 0.601. The molecular weight excluding hydrogens is 234 g/mol. The van der Waals surface area contributed by atoms with Crippen molar-refractivity contribution >= 4 is 27.5 Å². The Labute approximate surface area is 93.5 Å². The SMILES string of the molecule is NCCC1=Cc2c(Cl)cccc2S1(=O)=O. The van der Waals surface area contributed by atoms with Gasteiger partial charge in [-0.1, -0.05) is 17.7 Å². The van der Waals surface area contributed by atoms with Crippen molar-refractivity contribution in [1.29, 1.82) is 0 Å². The van der Waals surface area contributed by atoms with Gasteiger partial charge >= 0.3 is 0 Å². The van der Waals surface area contributed by atoms with Crippen LogP contribution in [-0.2, 0) is 9.84 Å². The number of hydrogen-bond donors (Lipinski definition) is 1. The summed E-state index contributed by atoms with van der Waals surface area (Å²) in [4.78, 5) is 0.645. The molecule has 0 aromatic heterocycles. The summed E-state index contributed by atoms with van der Waals surface area (Å²) in [5.74, 6) is 0. The number of fused-ring (bicyclic) bond motifs is 1. The minimum Gasteiger partial charge on any atom is -0.330 e. The molecule has 3 nitrogen and oxygen atoms in total. The van der Waals surface area contributed by atoms with Gasteiger partial charge in [-0.05, 0) is 31.2 Å². The fourth-order valence-corrected chi connectivity index (χ4v) is 3.56. The van der Waals surface area contributed by atoms with E-state index in [1.54, 1.807) is 24.3 Å². The molecule has 0 unspecified atom stereocenters. The van der Waals surface area contributed by atoms with Crippen LogP contribution in [0.15, 0.2) is 28.0 Å². The van der Waals surface area contributed by atoms with Crippen molar-refractivity contribution in [2.45, 2.75) is 11.3 Å². The third-order valence-corrected chi connectivity index (χ3v) is 4.62. The molecule has 0 atom stereocenters. The van der Waals surface area contributed by atoms with E-state index < -0.39 is 9.84 Å². The van der Waals surface area contributed by atoms with Gasteiger partial charge in [-0.2, -0.15) is 0 Å². The highest BCUT2D eigenvalue weighted by Gasteiger charge is 2.29. The largest absolute Gasteiger partial charge is 0.330 e. The van der Waals surface area contributed by atoms with Gasteiger partial charge in [-0.25, -0.2) is 8.42 Å². The molecule has 0 saturated carbocycles. The Kier molecular flexibility index (Phi) is 2.58. The van der Waals surface area contributed by atoms with Crippen LogP contribution in [0.4, 0.5) is 0 Å². The highest BCUT2D eigenvalue weighted by atomic mass is 35.5. The first-order chi connectivity index (χ1) is 7.07. The second-order valence-electron chi connectivity index (χ2n) is 3.30. The molecule has 80 valence electrons. The van der Waals surface area contributed by atoms with Crippen LogP contribution in [0.3, 0.4) is 0 Å². The third kappa shape index (κ3) is 1.58. The van der Waals surface area contributed by atoms with Gasteiger partial charge in [-0.15, -0.1) is 0 Å². The summed E-state index contributed by atoms with van der Waals surface area (Å²) in [5.41, 5.74) is 5.95. The predicted molar refractivity (Wildman–Crippen MR) is 60.3 cm³/mol. The second-order valence-corrected chi connectivity index (χ2v) is 5.68. The normalized spacial score (nSPS) is 17.3. The Hall–Kier alpha value is -0.840. The minimum atomic E-state index is -3.33. The molecule has 2 N–H and O–H groups in total. The standard InChI is InChI=1S/C10H10ClNO2S/c11-9-2-1-3-10-8(9)6-7(4-5-12)15(10,13)14/h1-3,6H,4-5,12H2. The maximum Gasteiger partial charge on any atom is 0.203 e. The van der Waals surface area contributed by atoms with Crippen LogP contribution in [0.1, 0.15) is 12.0 Å². The Bertz CT molecular complexity index is 534. The lowest BCUT2D eigenvalue weighted by atomic mass is 10.2. The van der Waals surface area contributed by atoms with Gasteiger partial charge in [0.2, 0.25) is 9.84 Å². The van der Waals surface area contributed by atoms with E-state index in [0.717, 1.165) is 0 Å². The predicted octanol–water partition coefficient (Wildman–Crippen LogP) is 1.82. The molecule has 0 bridgehead atoms. The lowest BCUT2D eigenvalue weighted by Gasteiger charge is -2.01. The molecule has 1 aliphatic rings. The summed E-state index contributed by atoms with van der Waals surface area (Å²) in [6.45, 7) is 0.316. The van der Waals surface area contributed by atoms with E-state index in [-0.39, 0.29) is 0 Å². The molecule has 0 amide bonds. The van der Waals surface area contributed by atoms with E-state index in [1.165, 1.54) is 0 Å². The Morgan fingerprint density at radius 2 is 2.07 bits per heavy atom. The Morgan fingerprint density at radius 3 is 2.67 bits per heavy atom. The second kappa shape index (κ2) is 3.63. The zero-order valence-electron chi connectivity index (χ0n) is 7.90. The van der Waals surface area contributed by atoms with Crippen LogP contribution in [0, 0.1) is 0 Å². The van der Waals surface area contributed by atoms with Crippen LogP contribution >= 0.6 is 11.6 Å². The molecule has 0 spiro atoms. The molecule has 0 fully saturated rings. The molecule has 1 aromatic rings. The first kappa shape index (κ1) is 10.7. The van der Waals surface area contributed by atoms with Crippen molar-refractivity contribution in [1.82, 2.24) is 0 Å². The molecule has 1 aliphatic heterocycles. The van der Waals surface area contributed by atoms with Gasteiger partial charge in [0.05, 0.1) is 9.80 Å². The van der Waals surface area contributed by atoms with E-state index >= 15 is 0 Å². The van der Waals surface area contributed by atoms with Gasteiger partial charge in [0, 0.05) is 10.6 Å². The van der Waals surface area contributed by atoms with Crippen LogP contribution in [-0.4, -0.2) is 15.0 Å². The van der Waals surface area contributed by atoms with E-state index in [4.69, 9.17) is 17.3 Å². The summed E-state index contributed by atoms with van der Waals surface area (Å²) in [6, 6.07) is 4.88. The summed E-state index contributed by atoms with van der Waals surface area (Å²) < 4.78 is 23.9. The van der Waals surface area contributed by atoms with Crippen LogP contribution in [0.2, 0.25) is 5.02 Å². The van der Waals surface area contributed by atoms with Crippen molar-refractivity contribution in [3.63, 3.8) is 0 Å². The topological polar surface area (TPSA) is 60.2 Å². The number of sulfone groups is 1. The van der Waals surface area contributed by atoms with Crippen molar-refractivity contribution in [3.8, 4) is 0 Å². The van der Waals surface area contributed by atoms with E-state index in [9.17, 15) is 8.42 Å². The fraction of sp³-hybridized carbons (Fsp3) is 0.200. The van der Waals surface area contributed by atoms with Gasteiger partial charge in [0.1, 0.15) is 0 Å². The molecule has 0 radical (unpaired) electrons. The van der Waals surface area contributed by atoms with Gasteiger partial charge in [-0.3, -0.25) is 0 Å². The molecule has 5 heteroatoms. The monoisotopic (exact) mass is 243 g/mol. The van der Waals surface area contributed by atoms with Crippen LogP contribution < -0.4 is 5.73 Å². The smallest absolute Gasteiger partial charge is 0.203 e. The van der Waals surface area contributed by atoms with E-state index in [2.05, 4.69) is 0 Å². The fourth-order valence-electron chi connectivity index (χ4n) is 1.62. The van der Waals surface area contributed by atoms with Gasteiger partial charge in [0.25, 0.3) is 0 Å². The summed E-state index contributed by atoms with van der Waals surface area (Å²) in [6.07, 6.45) is 1.97. The molecule has 15 heavy (non-hydrogen) atoms. The van der Waals surface area contributed by atoms with Gasteiger partial charge in [0.15, 0.2) is 0 Å². The number of benzene rings is 1. The number of rotatable bonds is 2. The molecular formula is C10H10ClNO2S. The minimum absolute atomic E-state index is 0.290. The molecule has 2 rings (SSSR count). The highest BCUT2D eigenvalue weighted by Crippen LogP contribution is 2.37. The highest BCUT2D eigenvalue weighted by molar-refractivity contribution is 7.95. The maximum absolute atomic E-state index is 11.9. The third-order valence-electron chi connectivity index (χ3n) is 2.34. The number of nitrogens with two attached hydrogens (primary N) is 1. The summed E-state index contributed by atoms with van der Waals surface area (Å²) in [7, 11) is -3.33. The molecule has 0 aliphatic carbocycles. The van der Waals surface area contributed by atoms with Crippen molar-refractivity contribution in [3.05, 3.63) is 33.7 Å². The number of hydrogen-bond acceptors (Lipinski definition) is 3. The zero-order chi connectivity index (χ0) is 11.1. The number of halogens is 1. The van der Waals surface area contributed by atoms with Gasteiger partial charge < -0.3 is 5.73 Å².